The lowest BCUT2D eigenvalue weighted by molar-refractivity contribution is 0.330. The smallest absolute Gasteiger partial charge is 0.208 e. The summed E-state index contributed by atoms with van der Waals surface area (Å²) in [6.45, 7) is 0. The molecule has 0 radical (unpaired) electrons. The molecule has 0 aliphatic heterocycles. The molecule has 0 amide bonds. The fraction of sp³-hybridized carbons (Fsp3) is 0. The van der Waals surface area contributed by atoms with Gasteiger partial charge in [-0.05, 0) is 70.8 Å². The molecule has 0 saturated heterocycles. The molecule has 11 aromatic rings. The summed E-state index contributed by atoms with van der Waals surface area (Å²) >= 11 is 0. The minimum atomic E-state index is -1.03. The molecule has 292 valence electrons. The van der Waals surface area contributed by atoms with Crippen molar-refractivity contribution in [1.82, 2.24) is 9.55 Å². The first kappa shape index (κ1) is 35.7. The standard InChI is InChI=1S/C53H34N2O6/c56-49-46(50(57)52(59)53(60)51(49)58)34-27-41(32-17-8-3-9-18-32)54-42(28-34)37-20-12-22-44-47(37)38-24-23-35(29-45(38)61-44)55-43-21-11-10-19-36(43)40-26-33(30-13-4-1-5-14-30)25-39(48(40)55)31-15-6-2-7-16-31/h1-29,56-60H. The van der Waals surface area contributed by atoms with E-state index in [0.29, 0.717) is 28.1 Å². The lowest BCUT2D eigenvalue weighted by Crippen LogP contribution is -1.96. The topological polar surface area (TPSA) is 132 Å². The average molecular weight is 795 g/mol. The van der Waals surface area contributed by atoms with E-state index in [1.165, 1.54) is 0 Å². The number of nitrogens with zero attached hydrogens (tertiary/aromatic N) is 2. The highest BCUT2D eigenvalue weighted by Crippen LogP contribution is 2.55. The summed E-state index contributed by atoms with van der Waals surface area (Å²) in [4.78, 5) is 5.07. The highest BCUT2D eigenvalue weighted by atomic mass is 16.4. The molecule has 61 heavy (non-hydrogen) atoms. The van der Waals surface area contributed by atoms with Crippen LogP contribution in [0.3, 0.4) is 0 Å². The number of aromatic nitrogens is 2. The molecule has 0 atom stereocenters. The van der Waals surface area contributed by atoms with E-state index in [-0.39, 0.29) is 11.1 Å². The number of rotatable bonds is 6. The van der Waals surface area contributed by atoms with Crippen molar-refractivity contribution in [2.24, 2.45) is 0 Å². The summed E-state index contributed by atoms with van der Waals surface area (Å²) in [7, 11) is 0. The Balaban J connectivity index is 1.14. The van der Waals surface area contributed by atoms with Crippen LogP contribution in [0.15, 0.2) is 180 Å². The molecule has 3 heterocycles. The average Bonchev–Trinajstić information content (AvgIpc) is 3.86. The number of aromatic hydroxyl groups is 5. The SMILES string of the molecule is Oc1c(O)c(O)c(-c2cc(-c3ccccc3)nc(-c3cccc4oc5cc(-n6c7ccccc7c7cc(-c8ccccc8)cc(-c8ccccc8)c76)ccc5c34)c2)c(O)c1O. The Morgan fingerprint density at radius 2 is 1.02 bits per heavy atom. The lowest BCUT2D eigenvalue weighted by atomic mass is 9.95. The monoisotopic (exact) mass is 794 g/mol. The van der Waals surface area contributed by atoms with Crippen LogP contribution in [0.1, 0.15) is 0 Å². The number of para-hydroxylation sites is 1. The third-order valence-electron chi connectivity index (χ3n) is 11.5. The zero-order valence-corrected chi connectivity index (χ0v) is 32.3. The Labute approximate surface area is 348 Å². The Morgan fingerprint density at radius 3 is 1.74 bits per heavy atom. The fourth-order valence-corrected chi connectivity index (χ4v) is 8.70. The summed E-state index contributed by atoms with van der Waals surface area (Å²) in [5, 5.41) is 57.1. The number of phenolic OH excluding ortho intramolecular Hbond substituents is 5. The minimum Gasteiger partial charge on any atom is -0.504 e. The first-order valence-corrected chi connectivity index (χ1v) is 19.7. The van der Waals surface area contributed by atoms with Gasteiger partial charge in [0.15, 0.2) is 11.5 Å². The first-order chi connectivity index (χ1) is 29.8. The van der Waals surface area contributed by atoms with Gasteiger partial charge < -0.3 is 34.5 Å². The van der Waals surface area contributed by atoms with Crippen molar-refractivity contribution in [3.63, 3.8) is 0 Å². The highest BCUT2D eigenvalue weighted by Gasteiger charge is 2.26. The molecule has 11 rings (SSSR count). The normalized spacial score (nSPS) is 11.6. The lowest BCUT2D eigenvalue weighted by Gasteiger charge is -2.15. The van der Waals surface area contributed by atoms with E-state index in [1.54, 1.807) is 12.1 Å². The molecular formula is C53H34N2O6. The number of pyridine rings is 1. The summed E-state index contributed by atoms with van der Waals surface area (Å²) in [5.41, 5.74) is 11.3. The molecule has 0 spiro atoms. The quantitative estimate of drug-likeness (QED) is 0.0836. The summed E-state index contributed by atoms with van der Waals surface area (Å²) in [5.74, 6) is -4.53. The number of hydrogen-bond acceptors (Lipinski definition) is 7. The van der Waals surface area contributed by atoms with E-state index in [9.17, 15) is 25.5 Å². The van der Waals surface area contributed by atoms with E-state index in [1.807, 2.05) is 60.7 Å². The van der Waals surface area contributed by atoms with E-state index in [2.05, 4.69) is 108 Å². The summed E-state index contributed by atoms with van der Waals surface area (Å²) in [6.07, 6.45) is 0. The number of phenols is 5. The van der Waals surface area contributed by atoms with E-state index in [0.717, 1.165) is 66.1 Å². The maximum absolute atomic E-state index is 11.0. The predicted molar refractivity (Wildman–Crippen MR) is 241 cm³/mol. The van der Waals surface area contributed by atoms with Gasteiger partial charge in [0.05, 0.1) is 28.0 Å². The van der Waals surface area contributed by atoms with Crippen molar-refractivity contribution in [3.05, 3.63) is 176 Å². The highest BCUT2D eigenvalue weighted by molar-refractivity contribution is 6.16. The number of hydrogen-bond donors (Lipinski definition) is 5. The predicted octanol–water partition coefficient (Wildman–Crippen LogP) is 12.9. The molecule has 0 fully saturated rings. The Hall–Kier alpha value is -8.49. The fourth-order valence-electron chi connectivity index (χ4n) is 8.70. The molecule has 8 nitrogen and oxygen atoms in total. The summed E-state index contributed by atoms with van der Waals surface area (Å²) < 4.78 is 8.98. The number of furan rings is 1. The molecule has 0 bridgehead atoms. The van der Waals surface area contributed by atoms with Gasteiger partial charge in [-0.3, -0.25) is 0 Å². The van der Waals surface area contributed by atoms with Crippen LogP contribution in [0, 0.1) is 0 Å². The van der Waals surface area contributed by atoms with Crippen LogP contribution in [0.2, 0.25) is 0 Å². The minimum absolute atomic E-state index is 0.243. The van der Waals surface area contributed by atoms with Gasteiger partial charge in [0.2, 0.25) is 17.2 Å². The van der Waals surface area contributed by atoms with Crippen molar-refractivity contribution in [3.8, 4) is 90.3 Å². The van der Waals surface area contributed by atoms with Crippen molar-refractivity contribution < 1.29 is 29.9 Å². The van der Waals surface area contributed by atoms with Crippen molar-refractivity contribution >= 4 is 43.7 Å². The molecule has 0 saturated carbocycles. The molecule has 0 unspecified atom stereocenters. The Morgan fingerprint density at radius 1 is 0.393 bits per heavy atom. The molecule has 8 aromatic carbocycles. The van der Waals surface area contributed by atoms with Gasteiger partial charge in [0.1, 0.15) is 11.2 Å². The van der Waals surface area contributed by atoms with Crippen molar-refractivity contribution in [1.29, 1.82) is 0 Å². The van der Waals surface area contributed by atoms with Gasteiger partial charge in [-0.25, -0.2) is 4.98 Å². The Kier molecular flexibility index (Phi) is 8.08. The van der Waals surface area contributed by atoms with Crippen LogP contribution in [0.5, 0.6) is 28.7 Å². The van der Waals surface area contributed by atoms with E-state index < -0.39 is 28.7 Å². The van der Waals surface area contributed by atoms with Crippen LogP contribution in [0.4, 0.5) is 0 Å². The van der Waals surface area contributed by atoms with Crippen LogP contribution < -0.4 is 0 Å². The largest absolute Gasteiger partial charge is 0.504 e. The van der Waals surface area contributed by atoms with E-state index in [4.69, 9.17) is 9.40 Å². The molecule has 0 aliphatic rings. The van der Waals surface area contributed by atoms with Crippen molar-refractivity contribution in [2.45, 2.75) is 0 Å². The molecule has 0 aliphatic carbocycles. The molecule has 5 N–H and O–H groups in total. The van der Waals surface area contributed by atoms with Crippen LogP contribution in [-0.4, -0.2) is 35.1 Å². The first-order valence-electron chi connectivity index (χ1n) is 19.7. The number of benzene rings is 8. The van der Waals surface area contributed by atoms with Crippen LogP contribution >= 0.6 is 0 Å². The molecule has 8 heteroatoms. The summed E-state index contributed by atoms with van der Waals surface area (Å²) in [6, 6.07) is 58.6. The van der Waals surface area contributed by atoms with Gasteiger partial charge in [0.25, 0.3) is 0 Å². The van der Waals surface area contributed by atoms with Gasteiger partial charge in [-0.15, -0.1) is 0 Å². The zero-order chi connectivity index (χ0) is 41.4. The third kappa shape index (κ3) is 5.65. The second-order valence-corrected chi connectivity index (χ2v) is 15.1. The second kappa shape index (κ2) is 13.8. The van der Waals surface area contributed by atoms with Crippen LogP contribution in [-0.2, 0) is 0 Å². The molecule has 3 aromatic heterocycles. The van der Waals surface area contributed by atoms with Gasteiger partial charge in [-0.2, -0.15) is 0 Å². The van der Waals surface area contributed by atoms with Crippen LogP contribution in [0.25, 0.3) is 105 Å². The number of fused-ring (bicyclic) bond motifs is 6. The van der Waals surface area contributed by atoms with Gasteiger partial charge >= 0.3 is 0 Å². The maximum atomic E-state index is 11.0. The van der Waals surface area contributed by atoms with Gasteiger partial charge in [-0.1, -0.05) is 121 Å². The Bertz CT molecular complexity index is 3490. The second-order valence-electron chi connectivity index (χ2n) is 15.1. The molecular weight excluding hydrogens is 761 g/mol. The van der Waals surface area contributed by atoms with Crippen molar-refractivity contribution in [2.75, 3.05) is 0 Å². The van der Waals surface area contributed by atoms with E-state index >= 15 is 0 Å². The zero-order valence-electron chi connectivity index (χ0n) is 32.3. The maximum Gasteiger partial charge on any atom is 0.208 e. The van der Waals surface area contributed by atoms with Gasteiger partial charge in [0, 0.05) is 50.0 Å². The third-order valence-corrected chi connectivity index (χ3v) is 11.5.